The summed E-state index contributed by atoms with van der Waals surface area (Å²) in [5.41, 5.74) is 1.76. The highest BCUT2D eigenvalue weighted by molar-refractivity contribution is 6.30. The second-order valence-electron chi connectivity index (χ2n) is 4.96. The monoisotopic (exact) mass is 286 g/mol. The van der Waals surface area contributed by atoms with Gasteiger partial charge < -0.3 is 4.57 Å². The van der Waals surface area contributed by atoms with E-state index in [1.54, 1.807) is 16.7 Å². The van der Waals surface area contributed by atoms with Crippen LogP contribution in [0.3, 0.4) is 0 Å². The average Bonchev–Trinajstić information content (AvgIpc) is 2.40. The molecule has 0 aliphatic carbocycles. The molecule has 0 aliphatic rings. The molecular formula is C16H15ClN2O. The molecule has 0 saturated carbocycles. The molecule has 0 radical (unpaired) electrons. The number of aromatic nitrogens is 1. The standard InChI is InChI=1S/C16H15ClN2O/c1-11(2)15-7-6-13(9-18)16(20)19(15)10-12-4-3-5-14(17)8-12/h3-8,11H,10H2,1-2H3. The third-order valence-electron chi connectivity index (χ3n) is 3.15. The van der Waals surface area contributed by atoms with E-state index in [-0.39, 0.29) is 17.0 Å². The Morgan fingerprint density at radius 3 is 2.65 bits per heavy atom. The summed E-state index contributed by atoms with van der Waals surface area (Å²) in [6, 6.07) is 12.8. The van der Waals surface area contributed by atoms with Crippen LogP contribution >= 0.6 is 11.6 Å². The topological polar surface area (TPSA) is 45.8 Å². The number of benzene rings is 1. The van der Waals surface area contributed by atoms with Crippen molar-refractivity contribution in [3.63, 3.8) is 0 Å². The van der Waals surface area contributed by atoms with Gasteiger partial charge in [-0.1, -0.05) is 37.6 Å². The van der Waals surface area contributed by atoms with Gasteiger partial charge >= 0.3 is 0 Å². The number of nitriles is 1. The van der Waals surface area contributed by atoms with Crippen molar-refractivity contribution in [2.24, 2.45) is 0 Å². The summed E-state index contributed by atoms with van der Waals surface area (Å²) in [6.07, 6.45) is 0. The molecule has 4 heteroatoms. The number of pyridine rings is 1. The Bertz CT molecular complexity index is 726. The molecule has 0 N–H and O–H groups in total. The molecule has 1 aromatic carbocycles. The maximum Gasteiger partial charge on any atom is 0.268 e. The first-order valence-electron chi connectivity index (χ1n) is 6.41. The van der Waals surface area contributed by atoms with Crippen molar-refractivity contribution in [2.75, 3.05) is 0 Å². The van der Waals surface area contributed by atoms with E-state index < -0.39 is 0 Å². The minimum absolute atomic E-state index is 0.163. The summed E-state index contributed by atoms with van der Waals surface area (Å²) >= 11 is 5.97. The molecule has 0 fully saturated rings. The summed E-state index contributed by atoms with van der Waals surface area (Å²) in [6.45, 7) is 4.47. The third kappa shape index (κ3) is 2.92. The highest BCUT2D eigenvalue weighted by Gasteiger charge is 2.11. The number of rotatable bonds is 3. The molecule has 2 aromatic rings. The van der Waals surface area contributed by atoms with Gasteiger partial charge in [-0.05, 0) is 35.7 Å². The fourth-order valence-electron chi connectivity index (χ4n) is 2.16. The van der Waals surface area contributed by atoms with Crippen LogP contribution < -0.4 is 5.56 Å². The Labute approximate surface area is 123 Å². The Morgan fingerprint density at radius 2 is 2.05 bits per heavy atom. The molecule has 1 heterocycles. The second-order valence-corrected chi connectivity index (χ2v) is 5.40. The van der Waals surface area contributed by atoms with E-state index in [1.807, 2.05) is 44.2 Å². The van der Waals surface area contributed by atoms with Gasteiger partial charge in [-0.2, -0.15) is 5.26 Å². The molecular weight excluding hydrogens is 272 g/mol. The molecule has 0 spiro atoms. The van der Waals surface area contributed by atoms with Crippen molar-refractivity contribution in [2.45, 2.75) is 26.3 Å². The Balaban J connectivity index is 2.54. The van der Waals surface area contributed by atoms with Crippen LogP contribution in [-0.4, -0.2) is 4.57 Å². The molecule has 102 valence electrons. The zero-order valence-electron chi connectivity index (χ0n) is 11.4. The Hall–Kier alpha value is -2.05. The first kappa shape index (κ1) is 14.4. The molecule has 0 atom stereocenters. The van der Waals surface area contributed by atoms with Crippen molar-refractivity contribution in [3.8, 4) is 6.07 Å². The molecule has 2 rings (SSSR count). The largest absolute Gasteiger partial charge is 0.307 e. The van der Waals surface area contributed by atoms with Gasteiger partial charge in [0.25, 0.3) is 5.56 Å². The maximum atomic E-state index is 12.3. The van der Waals surface area contributed by atoms with Crippen LogP contribution in [0, 0.1) is 11.3 Å². The minimum Gasteiger partial charge on any atom is -0.307 e. The van der Waals surface area contributed by atoms with Crippen molar-refractivity contribution in [3.05, 3.63) is 68.6 Å². The molecule has 20 heavy (non-hydrogen) atoms. The van der Waals surface area contributed by atoms with Crippen molar-refractivity contribution >= 4 is 11.6 Å². The number of halogens is 1. The summed E-state index contributed by atoms with van der Waals surface area (Å²) in [5.74, 6) is 0.203. The van der Waals surface area contributed by atoms with E-state index in [9.17, 15) is 4.79 Å². The van der Waals surface area contributed by atoms with Crippen molar-refractivity contribution < 1.29 is 0 Å². The van der Waals surface area contributed by atoms with Gasteiger partial charge in [0, 0.05) is 10.7 Å². The number of hydrogen-bond donors (Lipinski definition) is 0. The number of hydrogen-bond acceptors (Lipinski definition) is 2. The molecule has 0 unspecified atom stereocenters. The predicted molar refractivity (Wildman–Crippen MR) is 80.1 cm³/mol. The van der Waals surface area contributed by atoms with Gasteiger partial charge in [0.1, 0.15) is 11.6 Å². The smallest absolute Gasteiger partial charge is 0.268 e. The quantitative estimate of drug-likeness (QED) is 0.866. The second kappa shape index (κ2) is 5.94. The fourth-order valence-corrected chi connectivity index (χ4v) is 2.38. The van der Waals surface area contributed by atoms with Crippen molar-refractivity contribution in [1.82, 2.24) is 4.57 Å². The maximum absolute atomic E-state index is 12.3. The SMILES string of the molecule is CC(C)c1ccc(C#N)c(=O)n1Cc1cccc(Cl)c1. The van der Waals surface area contributed by atoms with Gasteiger partial charge in [-0.3, -0.25) is 4.79 Å². The highest BCUT2D eigenvalue weighted by atomic mass is 35.5. The minimum atomic E-state index is -0.251. The highest BCUT2D eigenvalue weighted by Crippen LogP contribution is 2.16. The molecule has 0 saturated heterocycles. The summed E-state index contributed by atoms with van der Waals surface area (Å²) < 4.78 is 1.65. The summed E-state index contributed by atoms with van der Waals surface area (Å²) in [5, 5.41) is 9.64. The van der Waals surface area contributed by atoms with Crippen LogP contribution in [-0.2, 0) is 6.54 Å². The van der Waals surface area contributed by atoms with E-state index in [4.69, 9.17) is 16.9 Å². The summed E-state index contributed by atoms with van der Waals surface area (Å²) in [4.78, 5) is 12.3. The van der Waals surface area contributed by atoms with Gasteiger partial charge in [0.2, 0.25) is 0 Å². The average molecular weight is 287 g/mol. The van der Waals surface area contributed by atoms with Crippen LogP contribution in [0.15, 0.2) is 41.2 Å². The van der Waals surface area contributed by atoms with Crippen molar-refractivity contribution in [1.29, 1.82) is 5.26 Å². The van der Waals surface area contributed by atoms with E-state index in [1.165, 1.54) is 0 Å². The normalized spacial score (nSPS) is 10.6. The van der Waals surface area contributed by atoms with Gasteiger partial charge in [-0.15, -0.1) is 0 Å². The summed E-state index contributed by atoms with van der Waals surface area (Å²) in [7, 11) is 0. The van der Waals surface area contributed by atoms with E-state index in [0.29, 0.717) is 11.6 Å². The number of nitrogens with zero attached hydrogens (tertiary/aromatic N) is 2. The van der Waals surface area contributed by atoms with E-state index in [2.05, 4.69) is 0 Å². The molecule has 3 nitrogen and oxygen atoms in total. The lowest BCUT2D eigenvalue weighted by atomic mass is 10.1. The third-order valence-corrected chi connectivity index (χ3v) is 3.38. The lowest BCUT2D eigenvalue weighted by Gasteiger charge is -2.16. The zero-order valence-corrected chi connectivity index (χ0v) is 12.2. The molecule has 0 aliphatic heterocycles. The van der Waals surface area contributed by atoms with Gasteiger partial charge in [0.15, 0.2) is 0 Å². The van der Waals surface area contributed by atoms with Gasteiger partial charge in [-0.25, -0.2) is 0 Å². The Kier molecular flexibility index (Phi) is 4.26. The van der Waals surface area contributed by atoms with E-state index >= 15 is 0 Å². The first-order valence-corrected chi connectivity index (χ1v) is 6.79. The van der Waals surface area contributed by atoms with E-state index in [0.717, 1.165) is 11.3 Å². The molecule has 0 bridgehead atoms. The fraction of sp³-hybridized carbons (Fsp3) is 0.250. The van der Waals surface area contributed by atoms with Crippen LogP contribution in [0.2, 0.25) is 5.02 Å². The van der Waals surface area contributed by atoms with Crippen LogP contribution in [0.25, 0.3) is 0 Å². The first-order chi connectivity index (χ1) is 9.52. The van der Waals surface area contributed by atoms with Crippen LogP contribution in [0.1, 0.15) is 36.6 Å². The lowest BCUT2D eigenvalue weighted by Crippen LogP contribution is -2.26. The lowest BCUT2D eigenvalue weighted by molar-refractivity contribution is 0.657. The predicted octanol–water partition coefficient (Wildman–Crippen LogP) is 3.55. The molecule has 0 amide bonds. The Morgan fingerprint density at radius 1 is 1.30 bits per heavy atom. The zero-order chi connectivity index (χ0) is 14.7. The molecule has 1 aromatic heterocycles. The van der Waals surface area contributed by atoms with Gasteiger partial charge in [0.05, 0.1) is 6.54 Å². The van der Waals surface area contributed by atoms with Crippen LogP contribution in [0.4, 0.5) is 0 Å². The van der Waals surface area contributed by atoms with Crippen LogP contribution in [0.5, 0.6) is 0 Å².